The first-order chi connectivity index (χ1) is 25.4. The van der Waals surface area contributed by atoms with Crippen molar-refractivity contribution < 1.29 is 75.9 Å². The van der Waals surface area contributed by atoms with Crippen LogP contribution in [-0.2, 0) is 22.4 Å². The molecule has 1 fully saturated rings. The second kappa shape index (κ2) is 14.9. The summed E-state index contributed by atoms with van der Waals surface area (Å²) in [6, 6.07) is 11.6. The second-order valence-electron chi connectivity index (χ2n) is 14.0. The minimum atomic E-state index is -0.673. The number of nitriles is 1. The van der Waals surface area contributed by atoms with Crippen LogP contribution < -0.4 is 30.1 Å². The summed E-state index contributed by atoms with van der Waals surface area (Å²) < 4.78 is 25.7. The molecule has 4 heterocycles. The first kappa shape index (κ1) is 37.6. The number of methoxy groups -OCH3 is 1. The van der Waals surface area contributed by atoms with E-state index < -0.39 is 30.1 Å². The predicted molar refractivity (Wildman–Crippen MR) is 195 cm³/mol. The van der Waals surface area contributed by atoms with E-state index in [4.69, 9.17) is 31.2 Å². The fourth-order valence-electron chi connectivity index (χ4n) is 8.69. The number of thiocarbonyl (C=S) groups is 1. The van der Waals surface area contributed by atoms with Gasteiger partial charge in [-0.25, -0.2) is 0 Å². The van der Waals surface area contributed by atoms with Crippen LogP contribution in [0.3, 0.4) is 0 Å². The van der Waals surface area contributed by atoms with Crippen LogP contribution in [0.1, 0.15) is 59.3 Å². The number of fused-ring (bicyclic) bond motifs is 9. The molecule has 1 unspecified atom stereocenters. The van der Waals surface area contributed by atoms with Crippen LogP contribution in [-0.4, -0.2) is 83.6 Å². The quantitative estimate of drug-likeness (QED) is 0.180. The molecule has 3 aromatic rings. The van der Waals surface area contributed by atoms with E-state index in [9.17, 15) is 20.0 Å². The molecule has 3 aromatic carbocycles. The first-order valence-corrected chi connectivity index (χ1v) is 20.0. The number of phenolic OH excluding ortho intramolecular Hbond substituents is 1. The Morgan fingerprint density at radius 1 is 1.15 bits per heavy atom. The summed E-state index contributed by atoms with van der Waals surface area (Å²) in [6.45, 7) is 6.92. The van der Waals surface area contributed by atoms with Crippen molar-refractivity contribution in [1.82, 2.24) is 20.4 Å². The third-order valence-electron chi connectivity index (χ3n) is 11.0. The number of carbonyl (C=O) groups excluding carboxylic acids is 2. The third kappa shape index (κ3) is 6.40. The second-order valence-corrected chi connectivity index (χ2v) is 16.5. The summed E-state index contributed by atoms with van der Waals surface area (Å²) in [5.74, 6) is 1.07. The molecule has 7 rings (SSSR count). The van der Waals surface area contributed by atoms with Crippen molar-refractivity contribution in [3.63, 3.8) is 0 Å². The van der Waals surface area contributed by atoms with Gasteiger partial charge in [0.2, 0.25) is 0 Å². The van der Waals surface area contributed by atoms with Gasteiger partial charge < -0.3 is 9.84 Å². The van der Waals surface area contributed by atoms with Crippen LogP contribution in [0.4, 0.5) is 5.69 Å². The number of anilines is 1. The molecule has 274 valence electrons. The molecule has 0 saturated carbocycles. The number of esters is 1. The molecule has 53 heavy (non-hydrogen) atoms. The van der Waals surface area contributed by atoms with Crippen molar-refractivity contribution in [1.29, 1.82) is 5.26 Å². The Labute approximate surface area is 343 Å². The molecule has 0 spiro atoms. The number of phenols is 1. The normalized spacial score (nSPS) is 23.0. The number of aryl methyl sites for hydroxylation is 1. The Morgan fingerprint density at radius 3 is 2.55 bits per heavy atom. The molecular weight excluding hydrogens is 912 g/mol. The van der Waals surface area contributed by atoms with Gasteiger partial charge in [-0.2, -0.15) is 0 Å². The van der Waals surface area contributed by atoms with E-state index in [0.29, 0.717) is 52.1 Å². The Balaban J connectivity index is 1.31. The van der Waals surface area contributed by atoms with Gasteiger partial charge in [-0.1, -0.05) is 6.07 Å². The zero-order chi connectivity index (χ0) is 37.9. The molecule has 15 heteroatoms. The van der Waals surface area contributed by atoms with Gasteiger partial charge in [0.15, 0.2) is 11.5 Å². The molecular formula is C38H41AcN6O7S. The SMILES string of the molecule is COc1c(C)cc2c(c1O)[C@@H]1C3Cc4c(OC(C)=O)c(C)c5c(c4[C@H](CNC(=O)[C@H](C)NC(=S)[N]([Ac])c4ccccc4)N3[C@@H](C#N)[C@H](C2)N1C)OCO5. The van der Waals surface area contributed by atoms with Gasteiger partial charge in [0.1, 0.15) is 0 Å². The third-order valence-corrected chi connectivity index (χ3v) is 14.3. The fourth-order valence-corrected chi connectivity index (χ4v) is 9.98. The summed E-state index contributed by atoms with van der Waals surface area (Å²) in [5, 5.41) is 29.5. The molecule has 6 atom stereocenters. The van der Waals surface area contributed by atoms with Crippen LogP contribution in [0, 0.1) is 67.5 Å². The van der Waals surface area contributed by atoms with E-state index in [0.717, 1.165) is 27.9 Å². The van der Waals surface area contributed by atoms with Gasteiger partial charge in [-0.3, -0.25) is 4.79 Å². The van der Waals surface area contributed by atoms with Gasteiger partial charge in [0.05, 0.1) is 7.11 Å². The number of aromatic hydroxyl groups is 1. The van der Waals surface area contributed by atoms with Crippen LogP contribution in [0.25, 0.3) is 0 Å². The monoisotopic (exact) mass is 952 g/mol. The molecule has 1 saturated heterocycles. The van der Waals surface area contributed by atoms with Crippen molar-refractivity contribution in [2.75, 3.05) is 28.1 Å². The fraction of sp³-hybridized carbons (Fsp3) is 0.421. The van der Waals surface area contributed by atoms with Gasteiger partial charge in [0, 0.05) is 6.92 Å². The zero-order valence-electron chi connectivity index (χ0n) is 30.4. The number of ether oxygens (including phenoxy) is 4. The molecule has 0 aromatic heterocycles. The van der Waals surface area contributed by atoms with E-state index in [1.54, 1.807) is 14.0 Å². The number of hydrogen-bond donors (Lipinski definition) is 3. The summed E-state index contributed by atoms with van der Waals surface area (Å²) in [5.41, 5.74) is 5.55. The molecule has 1 amide bonds. The number of rotatable bonds is 7. The summed E-state index contributed by atoms with van der Waals surface area (Å²) in [7, 11) is 3.53. The van der Waals surface area contributed by atoms with Crippen molar-refractivity contribution in [2.45, 2.75) is 76.8 Å². The van der Waals surface area contributed by atoms with Crippen LogP contribution in [0.5, 0.6) is 28.7 Å². The minimum absolute atomic E-state index is 0.0253. The van der Waals surface area contributed by atoms with Crippen molar-refractivity contribution in [3.05, 3.63) is 69.8 Å². The Bertz CT molecular complexity index is 2040. The molecule has 0 aliphatic carbocycles. The van der Waals surface area contributed by atoms with Gasteiger partial charge in [0.25, 0.3) is 0 Å². The number of para-hydroxylation sites is 1. The van der Waals surface area contributed by atoms with Gasteiger partial charge in [-0.15, -0.1) is 0 Å². The summed E-state index contributed by atoms with van der Waals surface area (Å²) >= 11 is 5.86. The average Bonchev–Trinajstić information content (AvgIpc) is 3.63. The molecule has 2 bridgehead atoms. The average molecular weight is 953 g/mol. The predicted octanol–water partition coefficient (Wildman–Crippen LogP) is 3.79. The summed E-state index contributed by atoms with van der Waals surface area (Å²) in [4.78, 5) is 30.8. The molecule has 13 nitrogen and oxygen atoms in total. The van der Waals surface area contributed by atoms with Crippen LogP contribution >= 0.6 is 12.2 Å². The van der Waals surface area contributed by atoms with Crippen molar-refractivity contribution in [2.24, 2.45) is 0 Å². The first-order valence-electron chi connectivity index (χ1n) is 17.5. The summed E-state index contributed by atoms with van der Waals surface area (Å²) in [6.07, 6.45) is 0.883. The standard InChI is InChI=1S/C38H42N6O7S.Ac/c1-18-12-22-13-25-27(15-39)44-26(31(43(25)5)29(22)32(46)33(18)48-6)14-24-30(36-35(49-17-50-36)19(2)34(24)51-21(4)45)28(44)16-40-37(47)20(3)41-38(52)42-23-10-8-7-9-11-23;/h7-12,20,25-28,31H,13-14,16-17H2,1-6H3,(H4,40,41,42,46,47,52);/q;+1/p-1/t20-,25-,26?,27-,28-,31-;/m0./s1. The number of benzene rings is 3. The number of carbonyl (C=O) groups is 2. The number of nitrogens with one attached hydrogen (secondary N) is 2. The van der Waals surface area contributed by atoms with Gasteiger partial charge >= 0.3 is 268 Å². The maximum absolute atomic E-state index is 13.9. The molecule has 4 aliphatic rings. The van der Waals surface area contributed by atoms with E-state index in [1.807, 2.05) is 57.9 Å². The van der Waals surface area contributed by atoms with Crippen LogP contribution in [0.2, 0.25) is 0 Å². The number of hydrogen-bond acceptors (Lipinski definition) is 11. The van der Waals surface area contributed by atoms with E-state index in [2.05, 4.69) is 26.5 Å². The number of piperazine rings is 1. The maximum atomic E-state index is 13.9. The van der Waals surface area contributed by atoms with Crippen molar-refractivity contribution >= 4 is 34.9 Å². The van der Waals surface area contributed by atoms with Crippen molar-refractivity contribution in [3.8, 4) is 34.8 Å². The van der Waals surface area contributed by atoms with E-state index >= 15 is 0 Å². The van der Waals surface area contributed by atoms with Crippen LogP contribution in [0.15, 0.2) is 36.4 Å². The Kier molecular flexibility index (Phi) is 10.6. The zero-order valence-corrected chi connectivity index (χ0v) is 36.0. The topological polar surface area (TPSA) is 149 Å². The number of nitrogens with zero attached hydrogens (tertiary/aromatic N) is 4. The van der Waals surface area contributed by atoms with Gasteiger partial charge in [-0.05, 0) is 32.0 Å². The Hall–Kier alpha value is -3.66. The number of amides is 1. The van der Waals surface area contributed by atoms with E-state index in [1.165, 1.54) is 6.92 Å². The van der Waals surface area contributed by atoms with E-state index in [-0.39, 0.29) is 79.4 Å². The molecule has 3 N–H and O–H groups in total. The Morgan fingerprint density at radius 2 is 1.87 bits per heavy atom. The molecule has 4 aliphatic heterocycles. The number of likely N-dealkylation sites (N-methyl/N-ethyl adjacent to an activating group) is 1. The molecule has 0 radical (unpaired) electrons.